The van der Waals surface area contributed by atoms with Gasteiger partial charge in [0.05, 0.1) is 10.6 Å². The number of phenols is 1. The van der Waals surface area contributed by atoms with Gasteiger partial charge in [0, 0.05) is 5.56 Å². The van der Waals surface area contributed by atoms with Crippen LogP contribution in [0.5, 0.6) is 5.75 Å². The molecular weight excluding hydrogens is 287 g/mol. The zero-order chi connectivity index (χ0) is 14.0. The smallest absolute Gasteiger partial charge is 0.237 e. The Morgan fingerprint density at radius 1 is 0.895 bits per heavy atom. The normalized spacial score (nSPS) is 10.2. The van der Waals surface area contributed by atoms with E-state index >= 15 is 0 Å². The molecule has 3 nitrogen and oxygen atoms in total. The van der Waals surface area contributed by atoms with E-state index in [2.05, 4.69) is 0 Å². The first-order valence-electron chi connectivity index (χ1n) is 5.33. The number of phenolic OH excluding ortho intramolecular Hbond substituents is 1. The highest BCUT2D eigenvalue weighted by Gasteiger charge is 2.23. The van der Waals surface area contributed by atoms with Crippen molar-refractivity contribution in [1.29, 1.82) is 0 Å². The summed E-state index contributed by atoms with van der Waals surface area (Å²) in [6, 6.07) is 10.7. The molecule has 2 rings (SSSR count). The Bertz CT molecular complexity index is 651. The van der Waals surface area contributed by atoms with Crippen LogP contribution in [0.1, 0.15) is 20.7 Å². The number of rotatable bonds is 3. The molecule has 19 heavy (non-hydrogen) atoms. The van der Waals surface area contributed by atoms with Crippen molar-refractivity contribution >= 4 is 34.8 Å². The third-order valence-electron chi connectivity index (χ3n) is 2.56. The molecule has 2 aromatic carbocycles. The lowest BCUT2D eigenvalue weighted by atomic mass is 10.0. The molecule has 5 heteroatoms. The van der Waals surface area contributed by atoms with Gasteiger partial charge in [0.25, 0.3) is 0 Å². The second-order valence-corrected chi connectivity index (χ2v) is 4.57. The van der Waals surface area contributed by atoms with Gasteiger partial charge in [0.1, 0.15) is 10.8 Å². The highest BCUT2D eigenvalue weighted by atomic mass is 35.5. The van der Waals surface area contributed by atoms with Crippen LogP contribution in [0.15, 0.2) is 42.5 Å². The molecule has 0 spiro atoms. The highest BCUT2D eigenvalue weighted by molar-refractivity contribution is 6.51. The highest BCUT2D eigenvalue weighted by Crippen LogP contribution is 2.34. The van der Waals surface area contributed by atoms with Crippen LogP contribution < -0.4 is 0 Å². The number of ketones is 2. The zero-order valence-electron chi connectivity index (χ0n) is 9.56. The number of Topliss-reactive ketones (excluding diaryl/α,β-unsaturated/α-hetero) is 2. The molecule has 0 aliphatic rings. The Labute approximate surface area is 119 Å². The Hall–Kier alpha value is -1.84. The number of hydrogen-bond donors (Lipinski definition) is 1. The molecule has 0 aliphatic carbocycles. The molecule has 2 aromatic rings. The minimum atomic E-state index is -0.831. The summed E-state index contributed by atoms with van der Waals surface area (Å²) in [5.74, 6) is -2.03. The van der Waals surface area contributed by atoms with Crippen LogP contribution in [-0.4, -0.2) is 16.7 Å². The van der Waals surface area contributed by atoms with E-state index in [0.717, 1.165) is 0 Å². The number of halogens is 2. The minimum Gasteiger partial charge on any atom is -0.506 e. The lowest BCUT2D eigenvalue weighted by Gasteiger charge is -2.06. The number of aromatic hydroxyl groups is 1. The molecular formula is C14H8Cl2O3. The average molecular weight is 295 g/mol. The molecule has 0 aliphatic heterocycles. The summed E-state index contributed by atoms with van der Waals surface area (Å²) in [6.45, 7) is 0. The van der Waals surface area contributed by atoms with Crippen molar-refractivity contribution in [3.63, 3.8) is 0 Å². The van der Waals surface area contributed by atoms with Crippen LogP contribution in [0, 0.1) is 0 Å². The van der Waals surface area contributed by atoms with Gasteiger partial charge in [-0.3, -0.25) is 9.59 Å². The average Bonchev–Trinajstić information content (AvgIpc) is 2.44. The topological polar surface area (TPSA) is 54.4 Å². The second-order valence-electron chi connectivity index (χ2n) is 3.78. The van der Waals surface area contributed by atoms with E-state index in [1.54, 1.807) is 18.2 Å². The molecule has 0 saturated carbocycles. The number of carbonyl (C=O) groups excluding carboxylic acids is 2. The summed E-state index contributed by atoms with van der Waals surface area (Å²) in [4.78, 5) is 24.0. The van der Waals surface area contributed by atoms with Crippen LogP contribution in [-0.2, 0) is 0 Å². The van der Waals surface area contributed by atoms with Gasteiger partial charge in [0.2, 0.25) is 11.6 Å². The third kappa shape index (κ3) is 2.62. The van der Waals surface area contributed by atoms with Crippen molar-refractivity contribution in [3.05, 3.63) is 63.6 Å². The molecule has 0 saturated heterocycles. The standard InChI is InChI=1S/C14H8Cl2O3/c15-10-7-6-9(13(18)11(10)16)14(19)12(17)8-4-2-1-3-5-8/h1-7,18H. The third-order valence-corrected chi connectivity index (χ3v) is 3.35. The first-order valence-corrected chi connectivity index (χ1v) is 6.09. The van der Waals surface area contributed by atoms with Crippen molar-refractivity contribution in [2.24, 2.45) is 0 Å². The Kier molecular flexibility index (Phi) is 3.88. The van der Waals surface area contributed by atoms with E-state index in [1.807, 2.05) is 0 Å². The van der Waals surface area contributed by atoms with Crippen LogP contribution in [0.2, 0.25) is 10.0 Å². The van der Waals surface area contributed by atoms with Crippen molar-refractivity contribution < 1.29 is 14.7 Å². The van der Waals surface area contributed by atoms with Crippen LogP contribution in [0.4, 0.5) is 0 Å². The number of benzene rings is 2. The minimum absolute atomic E-state index is 0.114. The Morgan fingerprint density at radius 2 is 1.53 bits per heavy atom. The lowest BCUT2D eigenvalue weighted by molar-refractivity contribution is 0.0815. The van der Waals surface area contributed by atoms with E-state index in [-0.39, 0.29) is 21.2 Å². The summed E-state index contributed by atoms with van der Waals surface area (Å²) in [7, 11) is 0. The van der Waals surface area contributed by atoms with Gasteiger partial charge in [-0.25, -0.2) is 0 Å². The van der Waals surface area contributed by atoms with Crippen molar-refractivity contribution in [2.75, 3.05) is 0 Å². The zero-order valence-corrected chi connectivity index (χ0v) is 11.1. The van der Waals surface area contributed by atoms with Gasteiger partial charge in [-0.15, -0.1) is 0 Å². The molecule has 0 aromatic heterocycles. The quantitative estimate of drug-likeness (QED) is 0.692. The van der Waals surface area contributed by atoms with Crippen molar-refractivity contribution in [1.82, 2.24) is 0 Å². The summed E-state index contributed by atoms with van der Waals surface area (Å²) >= 11 is 11.4. The Morgan fingerprint density at radius 3 is 2.16 bits per heavy atom. The Balaban J connectivity index is 2.41. The molecule has 0 fully saturated rings. The van der Waals surface area contributed by atoms with E-state index in [9.17, 15) is 14.7 Å². The van der Waals surface area contributed by atoms with Gasteiger partial charge in [-0.2, -0.15) is 0 Å². The molecule has 0 radical (unpaired) electrons. The summed E-state index contributed by atoms with van der Waals surface area (Å²) in [6.07, 6.45) is 0. The van der Waals surface area contributed by atoms with Gasteiger partial charge in [0.15, 0.2) is 0 Å². The predicted molar refractivity (Wildman–Crippen MR) is 73.2 cm³/mol. The van der Waals surface area contributed by atoms with Gasteiger partial charge < -0.3 is 5.11 Å². The van der Waals surface area contributed by atoms with Crippen LogP contribution in [0.25, 0.3) is 0 Å². The van der Waals surface area contributed by atoms with E-state index < -0.39 is 17.3 Å². The summed E-state index contributed by atoms with van der Waals surface area (Å²) < 4.78 is 0. The molecule has 1 N–H and O–H groups in total. The molecule has 96 valence electrons. The first kappa shape index (κ1) is 13.6. The first-order chi connectivity index (χ1) is 9.02. The molecule has 0 amide bonds. The van der Waals surface area contributed by atoms with Crippen molar-refractivity contribution in [2.45, 2.75) is 0 Å². The molecule has 0 bridgehead atoms. The van der Waals surface area contributed by atoms with Crippen molar-refractivity contribution in [3.8, 4) is 5.75 Å². The van der Waals surface area contributed by atoms with Gasteiger partial charge in [-0.1, -0.05) is 53.5 Å². The van der Waals surface area contributed by atoms with Gasteiger partial charge >= 0.3 is 0 Å². The fourth-order valence-electron chi connectivity index (χ4n) is 1.57. The van der Waals surface area contributed by atoms with E-state index in [1.165, 1.54) is 24.3 Å². The lowest BCUT2D eigenvalue weighted by Crippen LogP contribution is -2.14. The number of carbonyl (C=O) groups is 2. The summed E-state index contributed by atoms with van der Waals surface area (Å²) in [5, 5.41) is 9.72. The summed E-state index contributed by atoms with van der Waals surface area (Å²) in [5.41, 5.74) is 0.0845. The van der Waals surface area contributed by atoms with Gasteiger partial charge in [-0.05, 0) is 12.1 Å². The van der Waals surface area contributed by atoms with Crippen LogP contribution in [0.3, 0.4) is 0 Å². The molecule has 0 atom stereocenters. The predicted octanol–water partition coefficient (Wildman–Crippen LogP) is 3.76. The maximum Gasteiger partial charge on any atom is 0.237 e. The monoisotopic (exact) mass is 294 g/mol. The molecule has 0 unspecified atom stereocenters. The maximum absolute atomic E-state index is 12.0. The maximum atomic E-state index is 12.0. The van der Waals surface area contributed by atoms with E-state index in [0.29, 0.717) is 0 Å². The fourth-order valence-corrected chi connectivity index (χ4v) is 1.88. The second kappa shape index (κ2) is 5.43. The SMILES string of the molecule is O=C(C(=O)c1ccc(Cl)c(Cl)c1O)c1ccccc1. The van der Waals surface area contributed by atoms with E-state index in [4.69, 9.17) is 23.2 Å². The van der Waals surface area contributed by atoms with Crippen LogP contribution >= 0.6 is 23.2 Å². The molecule has 0 heterocycles. The largest absolute Gasteiger partial charge is 0.506 e. The fraction of sp³-hybridized carbons (Fsp3) is 0. The number of hydrogen-bond acceptors (Lipinski definition) is 3.